The third-order valence-corrected chi connectivity index (χ3v) is 7.03. The number of nitrogens with zero attached hydrogens (tertiary/aromatic N) is 1. The molecule has 2 aromatic rings. The number of rotatable bonds is 7. The average molecular weight is 441 g/mol. The summed E-state index contributed by atoms with van der Waals surface area (Å²) in [5, 5.41) is 5.79. The Balaban J connectivity index is 1.42. The van der Waals surface area contributed by atoms with Crippen LogP contribution >= 0.6 is 11.3 Å². The Labute approximate surface area is 183 Å². The van der Waals surface area contributed by atoms with Crippen molar-refractivity contribution in [1.82, 2.24) is 10.2 Å². The van der Waals surface area contributed by atoms with Gasteiger partial charge >= 0.3 is 6.03 Å². The summed E-state index contributed by atoms with van der Waals surface area (Å²) in [6.07, 6.45) is 3.60. The van der Waals surface area contributed by atoms with Crippen molar-refractivity contribution in [3.8, 4) is 0 Å². The number of imide groups is 1. The SMILES string of the molecule is C[C@]1(CCc2ccccc2)NC(=O)N(CC(=O)Nc2sc3c(c2C(N)=O)CCC3)C1=O. The lowest BCUT2D eigenvalue weighted by molar-refractivity contribution is -0.133. The zero-order valence-electron chi connectivity index (χ0n) is 17.2. The molecular formula is C22H24N4O4S. The fourth-order valence-electron chi connectivity index (χ4n) is 4.16. The van der Waals surface area contributed by atoms with E-state index in [9.17, 15) is 19.2 Å². The van der Waals surface area contributed by atoms with Gasteiger partial charge in [0, 0.05) is 4.88 Å². The number of thiophene rings is 1. The minimum absolute atomic E-state index is 0.343. The van der Waals surface area contributed by atoms with E-state index in [1.54, 1.807) is 6.92 Å². The molecule has 1 aliphatic heterocycles. The van der Waals surface area contributed by atoms with Gasteiger partial charge in [0.2, 0.25) is 5.91 Å². The first-order chi connectivity index (χ1) is 14.8. The molecule has 2 heterocycles. The van der Waals surface area contributed by atoms with Crippen LogP contribution in [0.25, 0.3) is 0 Å². The van der Waals surface area contributed by atoms with Gasteiger partial charge in [-0.25, -0.2) is 4.79 Å². The molecule has 0 unspecified atom stereocenters. The number of nitrogens with two attached hydrogens (primary N) is 1. The summed E-state index contributed by atoms with van der Waals surface area (Å²) in [6.45, 7) is 1.25. The molecule has 1 aromatic carbocycles. The number of hydrogen-bond donors (Lipinski definition) is 3. The topological polar surface area (TPSA) is 122 Å². The molecular weight excluding hydrogens is 416 g/mol. The fourth-order valence-corrected chi connectivity index (χ4v) is 5.47. The minimum atomic E-state index is -1.07. The van der Waals surface area contributed by atoms with E-state index in [-0.39, 0.29) is 0 Å². The van der Waals surface area contributed by atoms with Gasteiger partial charge in [0.25, 0.3) is 11.8 Å². The van der Waals surface area contributed by atoms with Gasteiger partial charge in [-0.1, -0.05) is 30.3 Å². The van der Waals surface area contributed by atoms with Gasteiger partial charge in [0.15, 0.2) is 0 Å². The second-order valence-electron chi connectivity index (χ2n) is 8.11. The van der Waals surface area contributed by atoms with Gasteiger partial charge in [-0.2, -0.15) is 0 Å². The number of carbonyl (C=O) groups is 4. The second kappa shape index (κ2) is 8.14. The minimum Gasteiger partial charge on any atom is -0.365 e. The molecule has 4 rings (SSSR count). The molecule has 2 aliphatic rings. The lowest BCUT2D eigenvalue weighted by atomic mass is 9.93. The third kappa shape index (κ3) is 4.05. The Kier molecular flexibility index (Phi) is 5.53. The van der Waals surface area contributed by atoms with Crippen LogP contribution in [0, 0.1) is 0 Å². The molecule has 1 aliphatic carbocycles. The van der Waals surface area contributed by atoms with E-state index in [2.05, 4.69) is 10.6 Å². The summed E-state index contributed by atoms with van der Waals surface area (Å²) in [4.78, 5) is 51.8. The van der Waals surface area contributed by atoms with E-state index in [0.717, 1.165) is 40.2 Å². The van der Waals surface area contributed by atoms with E-state index in [4.69, 9.17) is 5.73 Å². The van der Waals surface area contributed by atoms with E-state index in [1.165, 1.54) is 11.3 Å². The molecule has 1 atom stereocenters. The quantitative estimate of drug-likeness (QED) is 0.572. The van der Waals surface area contributed by atoms with Crippen molar-refractivity contribution in [3.63, 3.8) is 0 Å². The number of fused-ring (bicyclic) bond motifs is 1. The number of hydrogen-bond acceptors (Lipinski definition) is 5. The summed E-state index contributed by atoms with van der Waals surface area (Å²) >= 11 is 1.33. The zero-order chi connectivity index (χ0) is 22.2. The Hall–Kier alpha value is -3.20. The summed E-state index contributed by atoms with van der Waals surface area (Å²) in [5.74, 6) is -1.57. The van der Waals surface area contributed by atoms with Crippen LogP contribution in [0.3, 0.4) is 0 Å². The largest absolute Gasteiger partial charge is 0.365 e. The standard InChI is InChI=1S/C22H24N4O4S/c1-22(11-10-13-6-3-2-4-7-13)20(29)26(21(30)25-22)12-16(27)24-19-17(18(23)28)14-8-5-9-15(14)31-19/h2-4,6-7H,5,8-12H2,1H3,(H2,23,28)(H,24,27)(H,25,30)/t22-/m1/s1. The number of amides is 5. The molecule has 0 radical (unpaired) electrons. The van der Waals surface area contributed by atoms with Gasteiger partial charge in [-0.05, 0) is 50.2 Å². The predicted octanol–water partition coefficient (Wildman–Crippen LogP) is 2.22. The monoisotopic (exact) mass is 440 g/mol. The molecule has 5 amide bonds. The van der Waals surface area contributed by atoms with E-state index in [1.807, 2.05) is 30.3 Å². The Morgan fingerprint density at radius 2 is 1.97 bits per heavy atom. The van der Waals surface area contributed by atoms with Crippen LogP contribution in [0.4, 0.5) is 9.80 Å². The van der Waals surface area contributed by atoms with Crippen molar-refractivity contribution in [2.75, 3.05) is 11.9 Å². The molecule has 4 N–H and O–H groups in total. The molecule has 0 bridgehead atoms. The van der Waals surface area contributed by atoms with Gasteiger partial charge in [-0.15, -0.1) is 11.3 Å². The highest BCUT2D eigenvalue weighted by molar-refractivity contribution is 7.17. The number of aryl methyl sites for hydroxylation is 2. The van der Waals surface area contributed by atoms with Crippen LogP contribution in [0.2, 0.25) is 0 Å². The highest BCUT2D eigenvalue weighted by Crippen LogP contribution is 2.38. The maximum atomic E-state index is 12.9. The molecule has 162 valence electrons. The van der Waals surface area contributed by atoms with Crippen LogP contribution in [-0.2, 0) is 28.9 Å². The van der Waals surface area contributed by atoms with E-state index in [0.29, 0.717) is 23.4 Å². The molecule has 0 spiro atoms. The molecule has 1 fully saturated rings. The fraction of sp³-hybridized carbons (Fsp3) is 0.364. The van der Waals surface area contributed by atoms with Crippen LogP contribution in [-0.4, -0.2) is 40.7 Å². The summed E-state index contributed by atoms with van der Waals surface area (Å²) in [6, 6.07) is 9.09. The summed E-state index contributed by atoms with van der Waals surface area (Å²) < 4.78 is 0. The third-order valence-electron chi connectivity index (χ3n) is 5.82. The summed E-state index contributed by atoms with van der Waals surface area (Å²) in [7, 11) is 0. The first-order valence-corrected chi connectivity index (χ1v) is 11.0. The average Bonchev–Trinajstić information content (AvgIpc) is 3.36. The molecule has 1 aromatic heterocycles. The van der Waals surface area contributed by atoms with Crippen LogP contribution in [0.15, 0.2) is 30.3 Å². The van der Waals surface area contributed by atoms with Crippen molar-refractivity contribution >= 4 is 40.1 Å². The van der Waals surface area contributed by atoms with Gasteiger partial charge in [0.1, 0.15) is 17.1 Å². The molecule has 9 heteroatoms. The van der Waals surface area contributed by atoms with Crippen molar-refractivity contribution in [1.29, 1.82) is 0 Å². The lowest BCUT2D eigenvalue weighted by Gasteiger charge is -2.21. The number of nitrogens with one attached hydrogen (secondary N) is 2. The zero-order valence-corrected chi connectivity index (χ0v) is 18.0. The maximum absolute atomic E-state index is 12.9. The normalized spacial score (nSPS) is 20.0. The van der Waals surface area contributed by atoms with Gasteiger partial charge < -0.3 is 16.4 Å². The number of urea groups is 1. The molecule has 0 saturated carbocycles. The van der Waals surface area contributed by atoms with Crippen molar-refractivity contribution in [3.05, 3.63) is 51.9 Å². The molecule has 31 heavy (non-hydrogen) atoms. The van der Waals surface area contributed by atoms with Gasteiger partial charge in [-0.3, -0.25) is 19.3 Å². The van der Waals surface area contributed by atoms with E-state index < -0.39 is 35.8 Å². The highest BCUT2D eigenvalue weighted by atomic mass is 32.1. The number of anilines is 1. The second-order valence-corrected chi connectivity index (χ2v) is 9.22. The summed E-state index contributed by atoms with van der Waals surface area (Å²) in [5.41, 5.74) is 6.75. The Morgan fingerprint density at radius 3 is 2.68 bits per heavy atom. The van der Waals surface area contributed by atoms with Crippen molar-refractivity contribution < 1.29 is 19.2 Å². The highest BCUT2D eigenvalue weighted by Gasteiger charge is 2.47. The maximum Gasteiger partial charge on any atom is 0.325 e. The Morgan fingerprint density at radius 1 is 1.23 bits per heavy atom. The number of benzene rings is 1. The van der Waals surface area contributed by atoms with Crippen LogP contribution in [0.5, 0.6) is 0 Å². The van der Waals surface area contributed by atoms with E-state index >= 15 is 0 Å². The van der Waals surface area contributed by atoms with Gasteiger partial charge in [0.05, 0.1) is 5.56 Å². The Bertz CT molecular complexity index is 1060. The molecule has 8 nitrogen and oxygen atoms in total. The van der Waals surface area contributed by atoms with Crippen molar-refractivity contribution in [2.24, 2.45) is 5.73 Å². The van der Waals surface area contributed by atoms with Crippen LogP contribution in [0.1, 0.15) is 46.1 Å². The lowest BCUT2D eigenvalue weighted by Crippen LogP contribution is -2.45. The number of primary amides is 1. The van der Waals surface area contributed by atoms with Crippen LogP contribution < -0.4 is 16.4 Å². The molecule has 1 saturated heterocycles. The first-order valence-electron chi connectivity index (χ1n) is 10.2. The number of carbonyl (C=O) groups excluding carboxylic acids is 4. The first kappa shape index (κ1) is 21.0. The smallest absolute Gasteiger partial charge is 0.325 e. The predicted molar refractivity (Wildman–Crippen MR) is 117 cm³/mol. The van der Waals surface area contributed by atoms with Crippen molar-refractivity contribution in [2.45, 2.75) is 44.6 Å².